The van der Waals surface area contributed by atoms with Crippen molar-refractivity contribution >= 4 is 70.6 Å². The summed E-state index contributed by atoms with van der Waals surface area (Å²) in [5.41, 5.74) is 0. The lowest BCUT2D eigenvalue weighted by molar-refractivity contribution is -0.140. The molecule has 2 unspecified atom stereocenters. The van der Waals surface area contributed by atoms with E-state index in [0.29, 0.717) is 0 Å². The quantitative estimate of drug-likeness (QED) is 0.143. The third-order valence-electron chi connectivity index (χ3n) is 3.39. The molecular formula is C16H23NO11S5. The van der Waals surface area contributed by atoms with Crippen LogP contribution in [0.15, 0.2) is 29.4 Å². The van der Waals surface area contributed by atoms with E-state index >= 15 is 0 Å². The number of carboxylic acid groups (broad SMARTS) is 1. The van der Waals surface area contributed by atoms with Crippen LogP contribution in [0.4, 0.5) is 0 Å². The van der Waals surface area contributed by atoms with E-state index in [-0.39, 0.29) is 29.5 Å². The summed E-state index contributed by atoms with van der Waals surface area (Å²) in [6.07, 6.45) is 1.32. The van der Waals surface area contributed by atoms with E-state index < -0.39 is 42.7 Å². The Kier molecular flexibility index (Phi) is 14.9. The van der Waals surface area contributed by atoms with Crippen LogP contribution in [-0.2, 0) is 39.4 Å². The molecule has 0 aliphatic carbocycles. The summed E-state index contributed by atoms with van der Waals surface area (Å²) in [5.74, 6) is -2.16. The summed E-state index contributed by atoms with van der Waals surface area (Å²) in [6.45, 7) is 1.32. The average Bonchev–Trinajstić information content (AvgIpc) is 2.69. The van der Waals surface area contributed by atoms with Crippen molar-refractivity contribution in [3.63, 3.8) is 0 Å². The smallest absolute Gasteiger partial charge is 0.326 e. The van der Waals surface area contributed by atoms with Crippen LogP contribution in [0.3, 0.4) is 0 Å². The number of carbonyl (C=O) groups excluding carboxylic acids is 2. The minimum atomic E-state index is -4.55. The molecule has 3 N–H and O–H groups in total. The monoisotopic (exact) mass is 565 g/mol. The molecule has 0 radical (unpaired) electrons. The van der Waals surface area contributed by atoms with Gasteiger partial charge in [0.05, 0.1) is 7.11 Å². The van der Waals surface area contributed by atoms with Gasteiger partial charge in [0.25, 0.3) is 20.2 Å². The van der Waals surface area contributed by atoms with Gasteiger partial charge in [0.15, 0.2) is 15.6 Å². The lowest BCUT2D eigenvalue weighted by Crippen LogP contribution is -2.31. The maximum atomic E-state index is 11.0. The van der Waals surface area contributed by atoms with Crippen molar-refractivity contribution in [2.45, 2.75) is 35.3 Å². The summed E-state index contributed by atoms with van der Waals surface area (Å²) >= 11 is 0.881. The van der Waals surface area contributed by atoms with Crippen molar-refractivity contribution in [1.29, 1.82) is 0 Å². The highest BCUT2D eigenvalue weighted by atomic mass is 33.1. The van der Waals surface area contributed by atoms with E-state index in [4.69, 9.17) is 14.2 Å². The summed E-state index contributed by atoms with van der Waals surface area (Å²) < 4.78 is 64.8. The molecule has 0 bridgehead atoms. The van der Waals surface area contributed by atoms with Crippen molar-refractivity contribution in [3.05, 3.63) is 24.4 Å². The average molecular weight is 566 g/mol. The van der Waals surface area contributed by atoms with Crippen LogP contribution in [0.2, 0.25) is 0 Å². The molecule has 0 saturated heterocycles. The number of carbonyl (C=O) groups is 3. The molecule has 0 aliphatic heterocycles. The Bertz CT molecular complexity index is 983. The fraction of sp³-hybridized carbons (Fsp3) is 0.500. The van der Waals surface area contributed by atoms with Crippen LogP contribution >= 0.6 is 33.3 Å². The standard InChI is InChI=1S/C9H11NO5S3.C7H12O6S2/c11-9(12)7(18(13,14)15)4-6-16-17-8-3-1-2-5-10-8;1-5(8)14-4-3-6(7(9)13-2)15(10,11)12/h1-3,5,7H,4,6H2,(H,11,12)(H,13,14,15);6H,3-4H2,1-2H3,(H,10,11,12). The molecular weight excluding hydrogens is 543 g/mol. The number of hydrogen-bond donors (Lipinski definition) is 3. The van der Waals surface area contributed by atoms with Crippen LogP contribution in [0, 0.1) is 0 Å². The number of rotatable bonds is 12. The Labute approximate surface area is 203 Å². The first-order valence-electron chi connectivity index (χ1n) is 8.77. The predicted molar refractivity (Wildman–Crippen MR) is 125 cm³/mol. The molecule has 0 aromatic carbocycles. The molecule has 1 rings (SSSR count). The molecule has 188 valence electrons. The van der Waals surface area contributed by atoms with Gasteiger partial charge < -0.3 is 9.84 Å². The van der Waals surface area contributed by atoms with Crippen LogP contribution in [0.1, 0.15) is 19.8 Å². The zero-order chi connectivity index (χ0) is 25.7. The zero-order valence-corrected chi connectivity index (χ0v) is 21.5. The van der Waals surface area contributed by atoms with Crippen molar-refractivity contribution in [1.82, 2.24) is 4.98 Å². The maximum Gasteiger partial charge on any atom is 0.326 e. The molecule has 12 nitrogen and oxygen atoms in total. The van der Waals surface area contributed by atoms with Gasteiger partial charge in [0.2, 0.25) is 0 Å². The number of pyridine rings is 1. The number of carboxylic acids is 1. The second kappa shape index (κ2) is 15.5. The third-order valence-corrected chi connectivity index (χ3v) is 8.84. The normalized spacial score (nSPS) is 13.2. The second-order valence-electron chi connectivity index (χ2n) is 5.86. The van der Waals surface area contributed by atoms with Gasteiger partial charge in [-0.2, -0.15) is 16.8 Å². The molecule has 0 spiro atoms. The number of nitrogens with zero attached hydrogens (tertiary/aromatic N) is 1. The van der Waals surface area contributed by atoms with E-state index in [1.54, 1.807) is 18.3 Å². The fourth-order valence-electron chi connectivity index (χ4n) is 1.88. The molecule has 0 aliphatic rings. The van der Waals surface area contributed by atoms with Gasteiger partial charge in [-0.15, -0.1) is 0 Å². The zero-order valence-electron chi connectivity index (χ0n) is 17.4. The summed E-state index contributed by atoms with van der Waals surface area (Å²) in [4.78, 5) is 36.2. The van der Waals surface area contributed by atoms with Crippen LogP contribution < -0.4 is 0 Å². The van der Waals surface area contributed by atoms with Crippen LogP contribution in [0.5, 0.6) is 0 Å². The SMILES string of the molecule is COC(=O)C(CCSC(C)=O)S(=O)(=O)O.O=C(O)C(CCSSc1ccccn1)S(=O)(=O)O. The van der Waals surface area contributed by atoms with Gasteiger partial charge >= 0.3 is 11.9 Å². The Hall–Kier alpha value is -1.37. The van der Waals surface area contributed by atoms with Crippen molar-refractivity contribution in [2.24, 2.45) is 0 Å². The van der Waals surface area contributed by atoms with Crippen molar-refractivity contribution < 1.29 is 50.2 Å². The molecule has 1 aromatic heterocycles. The van der Waals surface area contributed by atoms with E-state index in [2.05, 4.69) is 9.72 Å². The Morgan fingerprint density at radius 1 is 1.03 bits per heavy atom. The number of aliphatic carboxylic acids is 1. The molecule has 33 heavy (non-hydrogen) atoms. The number of esters is 1. The van der Waals surface area contributed by atoms with Crippen molar-refractivity contribution in [2.75, 3.05) is 18.6 Å². The molecule has 0 fully saturated rings. The second-order valence-corrected chi connectivity index (χ2v) is 12.8. The van der Waals surface area contributed by atoms with Crippen LogP contribution in [-0.4, -0.2) is 82.2 Å². The molecule has 2 atom stereocenters. The largest absolute Gasteiger partial charge is 0.480 e. The number of methoxy groups -OCH3 is 1. The lowest BCUT2D eigenvalue weighted by Gasteiger charge is -2.10. The van der Waals surface area contributed by atoms with Gasteiger partial charge in [-0.05, 0) is 35.8 Å². The first-order valence-corrected chi connectivity index (χ1v) is 15.1. The van der Waals surface area contributed by atoms with E-state index in [1.165, 1.54) is 28.5 Å². The predicted octanol–water partition coefficient (Wildman–Crippen LogP) is 1.64. The maximum absolute atomic E-state index is 11.0. The number of ether oxygens (including phenoxy) is 1. The molecule has 0 amide bonds. The molecule has 1 heterocycles. The van der Waals surface area contributed by atoms with Crippen molar-refractivity contribution in [3.8, 4) is 0 Å². The summed E-state index contributed by atoms with van der Waals surface area (Å²) in [5, 5.41) is 5.84. The minimum absolute atomic E-state index is 0.134. The number of hydrogen-bond acceptors (Lipinski definition) is 12. The van der Waals surface area contributed by atoms with E-state index in [0.717, 1.165) is 23.9 Å². The van der Waals surface area contributed by atoms with Gasteiger partial charge in [-0.3, -0.25) is 23.5 Å². The Morgan fingerprint density at radius 2 is 1.61 bits per heavy atom. The molecule has 0 saturated carbocycles. The molecule has 1 aromatic rings. The number of aromatic nitrogens is 1. The van der Waals surface area contributed by atoms with Gasteiger partial charge in [0.1, 0.15) is 5.03 Å². The van der Waals surface area contributed by atoms with Gasteiger partial charge in [-0.1, -0.05) is 28.6 Å². The number of thioether (sulfide) groups is 1. The fourth-order valence-corrected chi connectivity index (χ4v) is 6.22. The third kappa shape index (κ3) is 14.5. The Balaban J connectivity index is 0.000000633. The van der Waals surface area contributed by atoms with E-state index in [9.17, 15) is 31.2 Å². The minimum Gasteiger partial charge on any atom is -0.480 e. The first kappa shape index (κ1) is 31.6. The first-order chi connectivity index (χ1) is 15.2. The Morgan fingerprint density at radius 3 is 2.03 bits per heavy atom. The van der Waals surface area contributed by atoms with E-state index in [1.807, 2.05) is 6.07 Å². The summed E-state index contributed by atoms with van der Waals surface area (Å²) in [6, 6.07) is 5.37. The highest BCUT2D eigenvalue weighted by molar-refractivity contribution is 8.76. The van der Waals surface area contributed by atoms with Gasteiger partial charge in [-0.25, -0.2) is 4.98 Å². The highest BCUT2D eigenvalue weighted by Crippen LogP contribution is 2.30. The van der Waals surface area contributed by atoms with Crippen LogP contribution in [0.25, 0.3) is 0 Å². The lowest BCUT2D eigenvalue weighted by atomic mass is 10.3. The van der Waals surface area contributed by atoms with Gasteiger partial charge in [0, 0.05) is 24.6 Å². The highest BCUT2D eigenvalue weighted by Gasteiger charge is 2.32. The molecule has 17 heteroatoms. The summed E-state index contributed by atoms with van der Waals surface area (Å²) in [7, 11) is -5.39. The topological polar surface area (TPSA) is 202 Å².